The molecule has 0 atom stereocenters. The lowest BCUT2D eigenvalue weighted by molar-refractivity contribution is 0.172. The van der Waals surface area contributed by atoms with Crippen LogP contribution in [0.5, 0.6) is 11.5 Å². The van der Waals surface area contributed by atoms with Gasteiger partial charge in [0.05, 0.1) is 0 Å². The fourth-order valence-electron chi connectivity index (χ4n) is 12.8. The van der Waals surface area contributed by atoms with Gasteiger partial charge in [0.15, 0.2) is 11.5 Å². The van der Waals surface area contributed by atoms with Gasteiger partial charge in [0.1, 0.15) is 18.9 Å². The molecule has 81 heavy (non-hydrogen) atoms. The minimum Gasteiger partial charge on any atom is -0.486 e. The van der Waals surface area contributed by atoms with Crippen LogP contribution in [0, 0.1) is 6.92 Å². The van der Waals surface area contributed by atoms with Gasteiger partial charge in [-0.25, -0.2) is 0 Å². The van der Waals surface area contributed by atoms with Crippen molar-refractivity contribution in [1.82, 2.24) is 0 Å². The number of benzene rings is 10. The molecule has 0 aliphatic carbocycles. The zero-order valence-corrected chi connectivity index (χ0v) is 49.0. The zero-order valence-electron chi connectivity index (χ0n) is 48.2. The van der Waals surface area contributed by atoms with Crippen LogP contribution < -0.4 is 35.7 Å². The van der Waals surface area contributed by atoms with Gasteiger partial charge < -0.3 is 19.3 Å². The first-order valence-electron chi connectivity index (χ1n) is 28.7. The van der Waals surface area contributed by atoms with Crippen molar-refractivity contribution in [2.45, 2.75) is 85.5 Å². The van der Waals surface area contributed by atoms with Gasteiger partial charge in [0.2, 0.25) is 0 Å². The monoisotopic (exact) mass is 1070 g/mol. The fourth-order valence-corrected chi connectivity index (χ4v) is 13.9. The highest BCUT2D eigenvalue weighted by Crippen LogP contribution is 2.54. The molecule has 4 heterocycles. The predicted molar refractivity (Wildman–Crippen MR) is 347 cm³/mol. The lowest BCUT2D eigenvalue weighted by atomic mass is 9.33. The van der Waals surface area contributed by atoms with Crippen molar-refractivity contribution in [2.75, 3.05) is 23.0 Å². The number of aryl methyl sites for hydroxylation is 1. The summed E-state index contributed by atoms with van der Waals surface area (Å²) in [6.45, 7) is 23.9. The van der Waals surface area contributed by atoms with Gasteiger partial charge in [-0.1, -0.05) is 196 Å². The molecule has 3 aliphatic rings. The summed E-state index contributed by atoms with van der Waals surface area (Å²) in [5.41, 5.74) is 24.8. The Hall–Kier alpha value is -8.32. The quantitative estimate of drug-likeness (QED) is 0.155. The Morgan fingerprint density at radius 1 is 0.407 bits per heavy atom. The molecule has 0 saturated heterocycles. The maximum Gasteiger partial charge on any atom is 0.252 e. The van der Waals surface area contributed by atoms with Crippen molar-refractivity contribution in [3.05, 3.63) is 222 Å². The van der Waals surface area contributed by atoms with Gasteiger partial charge >= 0.3 is 0 Å². The Morgan fingerprint density at radius 2 is 0.988 bits per heavy atom. The molecule has 0 saturated carbocycles. The highest BCUT2D eigenvalue weighted by atomic mass is 32.1. The predicted octanol–water partition coefficient (Wildman–Crippen LogP) is 18.8. The van der Waals surface area contributed by atoms with Crippen molar-refractivity contribution in [2.24, 2.45) is 0 Å². The van der Waals surface area contributed by atoms with Gasteiger partial charge in [-0.3, -0.25) is 0 Å². The third kappa shape index (κ3) is 8.73. The van der Waals surface area contributed by atoms with Crippen LogP contribution in [-0.2, 0) is 16.2 Å². The van der Waals surface area contributed by atoms with Crippen LogP contribution in [0.3, 0.4) is 0 Å². The number of ether oxygens (including phenoxy) is 2. The fraction of sp³-hybridized carbons (Fsp3) is 0.200. The molecule has 0 radical (unpaired) electrons. The molecule has 14 rings (SSSR count). The summed E-state index contributed by atoms with van der Waals surface area (Å²) in [7, 11) is 0. The van der Waals surface area contributed by atoms with E-state index in [-0.39, 0.29) is 23.0 Å². The lowest BCUT2D eigenvalue weighted by Crippen LogP contribution is -2.61. The molecule has 0 spiro atoms. The van der Waals surface area contributed by atoms with Crippen LogP contribution >= 0.6 is 11.3 Å². The van der Waals surface area contributed by atoms with Crippen LogP contribution in [-0.4, -0.2) is 19.9 Å². The molecule has 0 bridgehead atoms. The third-order valence-electron chi connectivity index (χ3n) is 17.1. The summed E-state index contributed by atoms with van der Waals surface area (Å²) in [6, 6.07) is 76.2. The normalized spacial score (nSPS) is 13.8. The molecule has 0 N–H and O–H groups in total. The Kier molecular flexibility index (Phi) is 11.9. The van der Waals surface area contributed by atoms with Crippen LogP contribution in [0.15, 0.2) is 200 Å². The van der Waals surface area contributed by atoms with Gasteiger partial charge in [0.25, 0.3) is 6.71 Å². The van der Waals surface area contributed by atoms with E-state index in [2.05, 4.69) is 279 Å². The summed E-state index contributed by atoms with van der Waals surface area (Å²) >= 11 is 1.88. The first-order valence-corrected chi connectivity index (χ1v) is 29.6. The molecule has 6 heteroatoms. The van der Waals surface area contributed by atoms with Crippen LogP contribution in [0.4, 0.5) is 34.1 Å². The van der Waals surface area contributed by atoms with Gasteiger partial charge in [0, 0.05) is 54.2 Å². The molecular weight excluding hydrogens is 1000 g/mol. The average Bonchev–Trinajstić information content (AvgIpc) is 2.79. The molecule has 0 amide bonds. The molecular formula is C75H67BN2O2S. The number of hydrogen-bond donors (Lipinski definition) is 0. The van der Waals surface area contributed by atoms with E-state index in [1.807, 2.05) is 11.3 Å². The Labute approximate surface area is 482 Å². The first kappa shape index (κ1) is 50.9. The second kappa shape index (κ2) is 18.9. The van der Waals surface area contributed by atoms with Crippen molar-refractivity contribution < 1.29 is 9.47 Å². The molecule has 0 unspecified atom stereocenters. The van der Waals surface area contributed by atoms with E-state index in [0.717, 1.165) is 56.6 Å². The van der Waals surface area contributed by atoms with Crippen molar-refractivity contribution >= 4 is 88.7 Å². The minimum atomic E-state index is -0.111. The molecule has 10 aromatic carbocycles. The van der Waals surface area contributed by atoms with Gasteiger partial charge in [-0.15, -0.1) is 11.3 Å². The Bertz CT molecular complexity index is 4230. The number of nitrogens with zero attached hydrogens (tertiary/aromatic N) is 2. The van der Waals surface area contributed by atoms with E-state index < -0.39 is 0 Å². The molecule has 1 aromatic heterocycles. The van der Waals surface area contributed by atoms with E-state index in [1.165, 1.54) is 92.3 Å². The Balaban J connectivity index is 1.07. The van der Waals surface area contributed by atoms with Gasteiger partial charge in [-0.2, -0.15) is 0 Å². The molecule has 11 aromatic rings. The SMILES string of the molecule is Cc1cc2c3c(c1)N(c1c(-c4ccccc4)ccc4c1OCCO4)c1ccc(C(C)(C)C)cc1B3c1ccc(-c3ccc4c(c3)sc3ccccc34)cc1N2c1cc(-c2ccc(C(C)(C)C)cc2)cc(-c2ccc(C(C)(C)C)cc2)c1. The first-order chi connectivity index (χ1) is 38.9. The molecule has 0 fully saturated rings. The van der Waals surface area contributed by atoms with Crippen LogP contribution in [0.25, 0.3) is 64.7 Å². The average molecular weight is 1070 g/mol. The van der Waals surface area contributed by atoms with E-state index in [1.54, 1.807) is 0 Å². The van der Waals surface area contributed by atoms with Crippen molar-refractivity contribution in [3.63, 3.8) is 0 Å². The van der Waals surface area contributed by atoms with Crippen molar-refractivity contribution in [1.29, 1.82) is 0 Å². The standard InChI is InChI=1S/C75H67BN2O2S/c1-46-38-65-70-66(39-46)78(71-58(49-16-12-11-13-17-49)32-35-67-72(71)80-37-36-79-67)63-34-30-56(75(8,9)10)45-62(63)76(70)61-33-25-50(51-24-31-60-59-18-14-15-19-68(59)81-69(60)44-51)43-64(61)77(65)57-41-52(47-20-26-54(27-21-47)73(2,3)4)40-53(42-57)48-22-28-55(29-23-48)74(5,6)7/h11-35,38-45H,36-37H2,1-10H3. The number of hydrogen-bond acceptors (Lipinski definition) is 5. The van der Waals surface area contributed by atoms with Crippen LogP contribution in [0.2, 0.25) is 0 Å². The van der Waals surface area contributed by atoms with Crippen molar-refractivity contribution in [3.8, 4) is 56.0 Å². The minimum absolute atomic E-state index is 0.0259. The number of thiophene rings is 1. The van der Waals surface area contributed by atoms with E-state index >= 15 is 0 Å². The second-order valence-electron chi connectivity index (χ2n) is 25.7. The topological polar surface area (TPSA) is 24.9 Å². The zero-order chi connectivity index (χ0) is 55.7. The number of anilines is 6. The maximum absolute atomic E-state index is 6.84. The largest absolute Gasteiger partial charge is 0.486 e. The summed E-state index contributed by atoms with van der Waals surface area (Å²) in [5.74, 6) is 1.53. The van der Waals surface area contributed by atoms with E-state index in [9.17, 15) is 0 Å². The van der Waals surface area contributed by atoms with Gasteiger partial charge in [-0.05, 0) is 167 Å². The third-order valence-corrected chi connectivity index (χ3v) is 18.3. The van der Waals surface area contributed by atoms with Crippen LogP contribution in [0.1, 0.15) is 84.6 Å². The number of rotatable bonds is 6. The lowest BCUT2D eigenvalue weighted by Gasteiger charge is -2.45. The van der Waals surface area contributed by atoms with E-state index in [0.29, 0.717) is 13.2 Å². The molecule has 4 nitrogen and oxygen atoms in total. The summed E-state index contributed by atoms with van der Waals surface area (Å²) in [4.78, 5) is 5.13. The highest BCUT2D eigenvalue weighted by molar-refractivity contribution is 7.25. The molecule has 3 aliphatic heterocycles. The Morgan fingerprint density at radius 3 is 1.67 bits per heavy atom. The molecule has 398 valence electrons. The second-order valence-corrected chi connectivity index (χ2v) is 26.8. The maximum atomic E-state index is 6.84. The summed E-state index contributed by atoms with van der Waals surface area (Å²) in [6.07, 6.45) is 0. The van der Waals surface area contributed by atoms with E-state index in [4.69, 9.17) is 9.47 Å². The smallest absolute Gasteiger partial charge is 0.252 e. The highest BCUT2D eigenvalue weighted by Gasteiger charge is 2.45. The summed E-state index contributed by atoms with van der Waals surface area (Å²) in [5, 5.41) is 2.61. The summed E-state index contributed by atoms with van der Waals surface area (Å²) < 4.78 is 15.9. The number of fused-ring (bicyclic) bond motifs is 8.